The topological polar surface area (TPSA) is 78.8 Å². The van der Waals surface area contributed by atoms with Gasteiger partial charge in [-0.05, 0) is 46.9 Å². The largest absolute Gasteiger partial charge is 0.507 e. The van der Waals surface area contributed by atoms with Crippen LogP contribution in [0, 0.1) is 0 Å². The number of phenols is 1. The minimum absolute atomic E-state index is 0.0366. The van der Waals surface area contributed by atoms with Crippen molar-refractivity contribution >= 4 is 27.0 Å². The molecule has 0 heterocycles. The van der Waals surface area contributed by atoms with Crippen molar-refractivity contribution in [3.63, 3.8) is 0 Å². The van der Waals surface area contributed by atoms with E-state index in [1.54, 1.807) is 24.3 Å². The number of benzene rings is 3. The number of sulfonamides is 1. The highest BCUT2D eigenvalue weighted by Gasteiger charge is 2.13. The molecule has 6 heteroatoms. The number of hydrazone groups is 1. The molecule has 140 valence electrons. The second-order valence-electron chi connectivity index (χ2n) is 6.45. The number of phenolic OH excluding ortho intramolecular Hbond substituents is 1. The van der Waals surface area contributed by atoms with Crippen LogP contribution >= 0.6 is 0 Å². The van der Waals surface area contributed by atoms with Crippen molar-refractivity contribution in [2.45, 2.75) is 31.1 Å². The zero-order valence-corrected chi connectivity index (χ0v) is 16.1. The summed E-state index contributed by atoms with van der Waals surface area (Å²) in [6.45, 7) is 4.19. The van der Waals surface area contributed by atoms with Crippen molar-refractivity contribution in [1.29, 1.82) is 0 Å². The standard InChI is InChI=1S/C21H22N2O3S/c1-3-15(2)16-8-11-18(12-9-16)27(25,26)23-22-14-20-19-7-5-4-6-17(19)10-13-21(20)24/h4-15,23-24H,3H2,1-2H3. The van der Waals surface area contributed by atoms with Crippen molar-refractivity contribution in [2.24, 2.45) is 5.10 Å². The maximum Gasteiger partial charge on any atom is 0.276 e. The summed E-state index contributed by atoms with van der Waals surface area (Å²) in [5, 5.41) is 15.7. The van der Waals surface area contributed by atoms with Gasteiger partial charge < -0.3 is 5.11 Å². The van der Waals surface area contributed by atoms with Crippen molar-refractivity contribution in [1.82, 2.24) is 4.83 Å². The summed E-state index contributed by atoms with van der Waals surface area (Å²) in [4.78, 5) is 2.36. The molecule has 5 nitrogen and oxygen atoms in total. The number of hydrogen-bond acceptors (Lipinski definition) is 4. The Morgan fingerprint density at radius 2 is 1.78 bits per heavy atom. The molecular weight excluding hydrogens is 360 g/mol. The van der Waals surface area contributed by atoms with E-state index in [-0.39, 0.29) is 10.6 Å². The van der Waals surface area contributed by atoms with Crippen LogP contribution in [0.2, 0.25) is 0 Å². The summed E-state index contributed by atoms with van der Waals surface area (Å²) in [6.07, 6.45) is 2.31. The minimum Gasteiger partial charge on any atom is -0.507 e. The molecule has 3 aromatic rings. The van der Waals surface area contributed by atoms with E-state index in [1.165, 1.54) is 6.21 Å². The first kappa shape index (κ1) is 18.9. The quantitative estimate of drug-likeness (QED) is 0.491. The van der Waals surface area contributed by atoms with Crippen molar-refractivity contribution in [3.05, 3.63) is 71.8 Å². The monoisotopic (exact) mass is 382 g/mol. The van der Waals surface area contributed by atoms with Crippen LogP contribution in [0.4, 0.5) is 0 Å². The SMILES string of the molecule is CCC(C)c1ccc(S(=O)(=O)NN=Cc2c(O)ccc3ccccc23)cc1. The predicted octanol–water partition coefficient (Wildman–Crippen LogP) is 4.37. The lowest BCUT2D eigenvalue weighted by molar-refractivity contribution is 0.475. The lowest BCUT2D eigenvalue weighted by Crippen LogP contribution is -2.18. The number of nitrogens with one attached hydrogen (secondary N) is 1. The van der Waals surface area contributed by atoms with E-state index in [9.17, 15) is 13.5 Å². The second kappa shape index (κ2) is 7.80. The van der Waals surface area contributed by atoms with Crippen LogP contribution in [0.25, 0.3) is 10.8 Å². The molecule has 3 rings (SSSR count). The molecule has 0 aliphatic rings. The maximum absolute atomic E-state index is 12.4. The van der Waals surface area contributed by atoms with Gasteiger partial charge in [-0.3, -0.25) is 0 Å². The van der Waals surface area contributed by atoms with Gasteiger partial charge in [0.1, 0.15) is 5.75 Å². The number of rotatable bonds is 6. The Balaban J connectivity index is 1.83. The summed E-state index contributed by atoms with van der Waals surface area (Å²) in [5.41, 5.74) is 1.56. The molecule has 3 aromatic carbocycles. The molecule has 0 fully saturated rings. The van der Waals surface area contributed by atoms with E-state index in [4.69, 9.17) is 0 Å². The van der Waals surface area contributed by atoms with Gasteiger partial charge in [0, 0.05) is 5.56 Å². The van der Waals surface area contributed by atoms with Crippen molar-refractivity contribution in [2.75, 3.05) is 0 Å². The van der Waals surface area contributed by atoms with Crippen LogP contribution in [0.1, 0.15) is 37.3 Å². The van der Waals surface area contributed by atoms with Crippen LogP contribution in [0.15, 0.2) is 70.7 Å². The zero-order chi connectivity index (χ0) is 19.4. The fourth-order valence-corrected chi connectivity index (χ4v) is 3.64. The molecule has 27 heavy (non-hydrogen) atoms. The first-order valence-electron chi connectivity index (χ1n) is 8.78. The molecule has 1 atom stereocenters. The van der Waals surface area contributed by atoms with E-state index < -0.39 is 10.0 Å². The molecule has 0 aromatic heterocycles. The van der Waals surface area contributed by atoms with Gasteiger partial charge in [0.05, 0.1) is 11.1 Å². The van der Waals surface area contributed by atoms with Crippen LogP contribution in [0.3, 0.4) is 0 Å². The highest BCUT2D eigenvalue weighted by atomic mass is 32.2. The van der Waals surface area contributed by atoms with Crippen molar-refractivity contribution < 1.29 is 13.5 Å². The van der Waals surface area contributed by atoms with Gasteiger partial charge in [0.2, 0.25) is 0 Å². The molecule has 0 radical (unpaired) electrons. The van der Waals surface area contributed by atoms with Gasteiger partial charge in [-0.25, -0.2) is 4.83 Å². The smallest absolute Gasteiger partial charge is 0.276 e. The van der Waals surface area contributed by atoms with Gasteiger partial charge >= 0.3 is 0 Å². The molecule has 0 bridgehead atoms. The van der Waals surface area contributed by atoms with Gasteiger partial charge in [-0.2, -0.15) is 13.5 Å². The molecule has 0 aliphatic heterocycles. The van der Waals surface area contributed by atoms with E-state index in [2.05, 4.69) is 23.8 Å². The van der Waals surface area contributed by atoms with E-state index in [1.807, 2.05) is 36.4 Å². The molecule has 0 amide bonds. The molecule has 1 unspecified atom stereocenters. The van der Waals surface area contributed by atoms with E-state index >= 15 is 0 Å². The summed E-state index contributed by atoms with van der Waals surface area (Å²) < 4.78 is 24.9. The fourth-order valence-electron chi connectivity index (χ4n) is 2.84. The van der Waals surface area contributed by atoms with Crippen LogP contribution in [-0.2, 0) is 10.0 Å². The minimum atomic E-state index is -3.78. The average molecular weight is 382 g/mol. The Kier molecular flexibility index (Phi) is 5.46. The molecule has 2 N–H and O–H groups in total. The van der Waals surface area contributed by atoms with Crippen molar-refractivity contribution in [3.8, 4) is 5.75 Å². The first-order chi connectivity index (χ1) is 12.9. The van der Waals surface area contributed by atoms with Crippen LogP contribution < -0.4 is 4.83 Å². The third-order valence-electron chi connectivity index (χ3n) is 4.69. The molecule has 0 saturated carbocycles. The van der Waals surface area contributed by atoms with Gasteiger partial charge in [0.15, 0.2) is 0 Å². The molecule has 0 spiro atoms. The Morgan fingerprint density at radius 3 is 2.48 bits per heavy atom. The third kappa shape index (κ3) is 4.11. The number of nitrogens with zero attached hydrogens (tertiary/aromatic N) is 1. The third-order valence-corrected chi connectivity index (χ3v) is 5.92. The summed E-state index contributed by atoms with van der Waals surface area (Å²) in [5.74, 6) is 0.414. The zero-order valence-electron chi connectivity index (χ0n) is 15.3. The highest BCUT2D eigenvalue weighted by Crippen LogP contribution is 2.25. The number of fused-ring (bicyclic) bond motifs is 1. The predicted molar refractivity (Wildman–Crippen MR) is 109 cm³/mol. The molecular formula is C21H22N2O3S. The average Bonchev–Trinajstić information content (AvgIpc) is 2.69. The normalized spacial score (nSPS) is 13.1. The Hall–Kier alpha value is -2.86. The fraction of sp³-hybridized carbons (Fsp3) is 0.190. The number of aromatic hydroxyl groups is 1. The summed E-state index contributed by atoms with van der Waals surface area (Å²) >= 11 is 0. The van der Waals surface area contributed by atoms with Gasteiger partial charge in [-0.1, -0.05) is 56.3 Å². The lowest BCUT2D eigenvalue weighted by atomic mass is 9.99. The summed E-state index contributed by atoms with van der Waals surface area (Å²) in [7, 11) is -3.78. The maximum atomic E-state index is 12.4. The first-order valence-corrected chi connectivity index (χ1v) is 10.3. The van der Waals surface area contributed by atoms with Crippen LogP contribution in [-0.4, -0.2) is 19.7 Å². The van der Waals surface area contributed by atoms with E-state index in [0.29, 0.717) is 11.5 Å². The lowest BCUT2D eigenvalue weighted by Gasteiger charge is -2.10. The van der Waals surface area contributed by atoms with Gasteiger partial charge in [-0.15, -0.1) is 0 Å². The Labute approximate surface area is 159 Å². The Bertz CT molecular complexity index is 1070. The number of hydrogen-bond donors (Lipinski definition) is 2. The highest BCUT2D eigenvalue weighted by molar-refractivity contribution is 7.89. The molecule has 0 aliphatic carbocycles. The van der Waals surface area contributed by atoms with Crippen LogP contribution in [0.5, 0.6) is 5.75 Å². The Morgan fingerprint density at radius 1 is 1.07 bits per heavy atom. The second-order valence-corrected chi connectivity index (χ2v) is 8.11. The van der Waals surface area contributed by atoms with Gasteiger partial charge in [0.25, 0.3) is 10.0 Å². The summed E-state index contributed by atoms with van der Waals surface area (Å²) in [6, 6.07) is 17.7. The molecule has 0 saturated heterocycles. The van der Waals surface area contributed by atoms with E-state index in [0.717, 1.165) is 22.8 Å².